The van der Waals surface area contributed by atoms with Crippen LogP contribution in [0.2, 0.25) is 0 Å². The number of thiophene rings is 1. The third-order valence-corrected chi connectivity index (χ3v) is 7.63. The van der Waals surface area contributed by atoms with Crippen LogP contribution in [-0.2, 0) is 17.6 Å². The van der Waals surface area contributed by atoms with Crippen LogP contribution < -0.4 is 14.8 Å². The van der Waals surface area contributed by atoms with Crippen molar-refractivity contribution in [2.75, 3.05) is 26.1 Å². The topological polar surface area (TPSA) is 93.5 Å². The van der Waals surface area contributed by atoms with Gasteiger partial charge in [0.2, 0.25) is 0 Å². The van der Waals surface area contributed by atoms with Crippen molar-refractivity contribution >= 4 is 39.2 Å². The molecule has 176 valence electrons. The fourth-order valence-corrected chi connectivity index (χ4v) is 5.93. The second-order valence-corrected chi connectivity index (χ2v) is 9.52. The van der Waals surface area contributed by atoms with E-state index in [4.69, 9.17) is 14.2 Å². The highest BCUT2D eigenvalue weighted by Crippen LogP contribution is 2.39. The molecule has 1 aliphatic rings. The SMILES string of the molecule is CCOC(=O)c1c(NC=C(C#N)c2nc(-c3ccc(OC)c(OC)c3)cs2)sc2c1CCCC2. The van der Waals surface area contributed by atoms with Crippen molar-refractivity contribution in [2.45, 2.75) is 32.6 Å². The second kappa shape index (κ2) is 10.7. The molecule has 0 radical (unpaired) electrons. The highest BCUT2D eigenvalue weighted by Gasteiger charge is 2.26. The predicted octanol–water partition coefficient (Wildman–Crippen LogP) is 5.92. The number of nitrogens with zero attached hydrogens (tertiary/aromatic N) is 2. The van der Waals surface area contributed by atoms with Gasteiger partial charge in [-0.3, -0.25) is 0 Å². The number of methoxy groups -OCH3 is 2. The maximum atomic E-state index is 12.7. The lowest BCUT2D eigenvalue weighted by Gasteiger charge is -2.12. The van der Waals surface area contributed by atoms with Crippen LogP contribution in [0.1, 0.15) is 45.6 Å². The van der Waals surface area contributed by atoms with Gasteiger partial charge in [-0.05, 0) is 56.4 Å². The average Bonchev–Trinajstić information content (AvgIpc) is 3.49. The van der Waals surface area contributed by atoms with E-state index in [1.165, 1.54) is 16.2 Å². The molecule has 0 fully saturated rings. The summed E-state index contributed by atoms with van der Waals surface area (Å²) >= 11 is 2.94. The quantitative estimate of drug-likeness (QED) is 0.306. The van der Waals surface area contributed by atoms with Gasteiger partial charge in [0, 0.05) is 22.0 Å². The standard InChI is InChI=1S/C25H25N3O4S2/c1-4-32-25(29)22-17-7-5-6-8-21(17)34-24(22)27-13-16(12-26)23-28-18(14-33-23)15-9-10-19(30-2)20(11-15)31-3/h9-11,13-14,27H,4-8H2,1-3H3. The number of carbonyl (C=O) groups excluding carboxylic acids is 1. The Kier molecular flexibility index (Phi) is 7.50. The van der Waals surface area contributed by atoms with Crippen LogP contribution in [0.3, 0.4) is 0 Å². The molecule has 2 aromatic heterocycles. The highest BCUT2D eigenvalue weighted by molar-refractivity contribution is 7.16. The van der Waals surface area contributed by atoms with E-state index < -0.39 is 0 Å². The average molecular weight is 496 g/mol. The molecule has 1 aromatic carbocycles. The number of nitriles is 1. The molecule has 1 N–H and O–H groups in total. The van der Waals surface area contributed by atoms with Crippen LogP contribution in [0.4, 0.5) is 5.00 Å². The van der Waals surface area contributed by atoms with Crippen molar-refractivity contribution in [1.29, 1.82) is 5.26 Å². The van der Waals surface area contributed by atoms with Gasteiger partial charge in [0.1, 0.15) is 21.7 Å². The zero-order chi connectivity index (χ0) is 24.1. The number of hydrogen-bond acceptors (Lipinski definition) is 9. The Morgan fingerprint density at radius 3 is 2.76 bits per heavy atom. The molecule has 4 rings (SSSR count). The number of esters is 1. The molecule has 34 heavy (non-hydrogen) atoms. The van der Waals surface area contributed by atoms with Crippen molar-refractivity contribution in [2.24, 2.45) is 0 Å². The second-order valence-electron chi connectivity index (χ2n) is 7.56. The molecule has 9 heteroatoms. The number of anilines is 1. The van der Waals surface area contributed by atoms with Gasteiger partial charge >= 0.3 is 5.97 Å². The molecular formula is C25H25N3O4S2. The summed E-state index contributed by atoms with van der Waals surface area (Å²) in [5, 5.41) is 16.2. The van der Waals surface area contributed by atoms with Crippen LogP contribution >= 0.6 is 22.7 Å². The van der Waals surface area contributed by atoms with Crippen LogP contribution in [0.5, 0.6) is 11.5 Å². The summed E-state index contributed by atoms with van der Waals surface area (Å²) in [5.74, 6) is 0.932. The smallest absolute Gasteiger partial charge is 0.341 e. The molecule has 0 amide bonds. The van der Waals surface area contributed by atoms with E-state index in [0.29, 0.717) is 34.3 Å². The van der Waals surface area contributed by atoms with Crippen LogP contribution in [0.15, 0.2) is 29.8 Å². The van der Waals surface area contributed by atoms with Crippen molar-refractivity contribution in [3.05, 3.63) is 50.8 Å². The number of ether oxygens (including phenoxy) is 3. The van der Waals surface area contributed by atoms with Crippen LogP contribution in [0.25, 0.3) is 16.8 Å². The van der Waals surface area contributed by atoms with Crippen LogP contribution in [-0.4, -0.2) is 31.8 Å². The minimum Gasteiger partial charge on any atom is -0.493 e. The molecule has 0 aliphatic heterocycles. The Morgan fingerprint density at radius 1 is 1.24 bits per heavy atom. The molecule has 0 bridgehead atoms. The Bertz CT molecular complexity index is 1270. The maximum absolute atomic E-state index is 12.7. The molecule has 7 nitrogen and oxygen atoms in total. The largest absolute Gasteiger partial charge is 0.493 e. The first-order valence-electron chi connectivity index (χ1n) is 11.0. The van der Waals surface area contributed by atoms with Crippen molar-refractivity contribution < 1.29 is 19.0 Å². The maximum Gasteiger partial charge on any atom is 0.341 e. The zero-order valence-corrected chi connectivity index (χ0v) is 20.9. The van der Waals surface area contributed by atoms with E-state index in [1.54, 1.807) is 38.7 Å². The zero-order valence-electron chi connectivity index (χ0n) is 19.3. The molecule has 2 heterocycles. The van der Waals surface area contributed by atoms with Gasteiger partial charge in [-0.25, -0.2) is 9.78 Å². The van der Waals surface area contributed by atoms with Gasteiger partial charge in [-0.1, -0.05) is 0 Å². The number of aromatic nitrogens is 1. The normalized spacial score (nSPS) is 13.1. The minimum absolute atomic E-state index is 0.318. The number of nitrogens with one attached hydrogen (secondary N) is 1. The minimum atomic E-state index is -0.318. The molecule has 0 atom stereocenters. The number of rotatable bonds is 8. The van der Waals surface area contributed by atoms with Gasteiger partial charge in [0.05, 0.1) is 32.1 Å². The van der Waals surface area contributed by atoms with E-state index >= 15 is 0 Å². The summed E-state index contributed by atoms with van der Waals surface area (Å²) < 4.78 is 16.0. The third kappa shape index (κ3) is 4.79. The van der Waals surface area contributed by atoms with Crippen molar-refractivity contribution in [3.63, 3.8) is 0 Å². The molecular weight excluding hydrogens is 470 g/mol. The first-order valence-corrected chi connectivity index (χ1v) is 12.7. The Balaban J connectivity index is 1.61. The van der Waals surface area contributed by atoms with E-state index in [2.05, 4.69) is 16.4 Å². The van der Waals surface area contributed by atoms with E-state index in [1.807, 2.05) is 23.6 Å². The highest BCUT2D eigenvalue weighted by atomic mass is 32.1. The van der Waals surface area contributed by atoms with E-state index in [0.717, 1.165) is 47.5 Å². The third-order valence-electron chi connectivity index (χ3n) is 5.53. The van der Waals surface area contributed by atoms with Gasteiger partial charge < -0.3 is 19.5 Å². The van der Waals surface area contributed by atoms with Gasteiger partial charge in [0.25, 0.3) is 0 Å². The number of aryl methyl sites for hydroxylation is 1. The Hall–Kier alpha value is -3.35. The molecule has 0 saturated carbocycles. The molecule has 0 unspecified atom stereocenters. The monoisotopic (exact) mass is 495 g/mol. The fourth-order valence-electron chi connectivity index (χ4n) is 3.89. The lowest BCUT2D eigenvalue weighted by atomic mass is 9.95. The van der Waals surface area contributed by atoms with Gasteiger partial charge in [0.15, 0.2) is 11.5 Å². The number of benzene rings is 1. The summed E-state index contributed by atoms with van der Waals surface area (Å²) in [7, 11) is 3.18. The lowest BCUT2D eigenvalue weighted by molar-refractivity contribution is 0.0526. The Morgan fingerprint density at radius 2 is 2.03 bits per heavy atom. The van der Waals surface area contributed by atoms with Crippen molar-refractivity contribution in [1.82, 2.24) is 4.98 Å². The summed E-state index contributed by atoms with van der Waals surface area (Å²) in [6.45, 7) is 2.12. The van der Waals surface area contributed by atoms with E-state index in [-0.39, 0.29) is 5.97 Å². The number of thiazole rings is 1. The predicted molar refractivity (Wildman–Crippen MR) is 135 cm³/mol. The number of carbonyl (C=O) groups is 1. The molecule has 0 saturated heterocycles. The summed E-state index contributed by atoms with van der Waals surface area (Å²) in [6.07, 6.45) is 5.64. The summed E-state index contributed by atoms with van der Waals surface area (Å²) in [6, 6.07) is 7.80. The fraction of sp³-hybridized carbons (Fsp3) is 0.320. The van der Waals surface area contributed by atoms with Gasteiger partial charge in [-0.15, -0.1) is 22.7 Å². The summed E-state index contributed by atoms with van der Waals surface area (Å²) in [5.41, 5.74) is 3.66. The Labute approximate surface area is 206 Å². The number of hydrogen-bond donors (Lipinski definition) is 1. The molecule has 1 aliphatic carbocycles. The lowest BCUT2D eigenvalue weighted by Crippen LogP contribution is -2.10. The molecule has 3 aromatic rings. The number of fused-ring (bicyclic) bond motifs is 1. The van der Waals surface area contributed by atoms with Crippen LogP contribution in [0, 0.1) is 11.3 Å². The summed E-state index contributed by atoms with van der Waals surface area (Å²) in [4.78, 5) is 18.5. The number of allylic oxidation sites excluding steroid dienone is 1. The molecule has 0 spiro atoms. The van der Waals surface area contributed by atoms with Gasteiger partial charge in [-0.2, -0.15) is 5.26 Å². The van der Waals surface area contributed by atoms with Crippen molar-refractivity contribution in [3.8, 4) is 28.8 Å². The first kappa shape index (κ1) is 23.8. The first-order chi connectivity index (χ1) is 16.6. The van der Waals surface area contributed by atoms with E-state index in [9.17, 15) is 10.1 Å².